The van der Waals surface area contributed by atoms with E-state index < -0.39 is 0 Å². The quantitative estimate of drug-likeness (QED) is 0.863. The average molecular weight is 286 g/mol. The molecule has 108 valence electrons. The van der Waals surface area contributed by atoms with Crippen molar-refractivity contribution in [3.8, 4) is 5.75 Å². The minimum atomic E-state index is -0.354. The normalized spacial score (nSPS) is 13.1. The van der Waals surface area contributed by atoms with Crippen molar-refractivity contribution in [2.24, 2.45) is 0 Å². The van der Waals surface area contributed by atoms with Crippen molar-refractivity contribution in [3.05, 3.63) is 53.3 Å². The predicted molar refractivity (Wildman–Crippen MR) is 79.2 cm³/mol. The molecule has 5 heteroatoms. The number of carbonyl (C=O) groups excluding carboxylic acids is 1. The van der Waals surface area contributed by atoms with Crippen LogP contribution in [0, 0.1) is 5.82 Å². The Morgan fingerprint density at radius 2 is 2.14 bits per heavy atom. The molecule has 0 atom stereocenters. The molecule has 0 aromatic heterocycles. The number of carbonyl (C=O) groups is 1. The zero-order valence-electron chi connectivity index (χ0n) is 11.6. The molecular weight excluding hydrogens is 271 g/mol. The number of methoxy groups -OCH3 is 1. The number of hydrogen-bond acceptors (Lipinski definition) is 3. The van der Waals surface area contributed by atoms with Crippen molar-refractivity contribution in [1.82, 2.24) is 0 Å². The Labute approximate surface area is 121 Å². The molecule has 1 amide bonds. The van der Waals surface area contributed by atoms with Crippen LogP contribution < -0.4 is 15.4 Å². The van der Waals surface area contributed by atoms with Crippen LogP contribution in [0.25, 0.3) is 0 Å². The Morgan fingerprint density at radius 1 is 1.33 bits per heavy atom. The molecule has 2 aromatic carbocycles. The Kier molecular flexibility index (Phi) is 3.25. The molecule has 2 aromatic rings. The molecule has 0 saturated carbocycles. The van der Waals surface area contributed by atoms with E-state index in [9.17, 15) is 9.18 Å². The molecule has 1 aliphatic rings. The second-order valence-corrected chi connectivity index (χ2v) is 4.91. The van der Waals surface area contributed by atoms with E-state index in [1.54, 1.807) is 29.2 Å². The number of halogens is 1. The highest BCUT2D eigenvalue weighted by Gasteiger charge is 2.28. The maximum absolute atomic E-state index is 13.4. The highest BCUT2D eigenvalue weighted by molar-refractivity contribution is 6.09. The lowest BCUT2D eigenvalue weighted by atomic mass is 10.1. The molecule has 0 aliphatic carbocycles. The fourth-order valence-electron chi connectivity index (χ4n) is 2.66. The number of nitrogen functional groups attached to an aromatic ring is 1. The van der Waals surface area contributed by atoms with Crippen LogP contribution in [0.3, 0.4) is 0 Å². The molecule has 0 radical (unpaired) electrons. The number of rotatable bonds is 2. The van der Waals surface area contributed by atoms with Gasteiger partial charge >= 0.3 is 0 Å². The van der Waals surface area contributed by atoms with Crippen molar-refractivity contribution < 1.29 is 13.9 Å². The van der Waals surface area contributed by atoms with Gasteiger partial charge in [0.25, 0.3) is 5.91 Å². The standard InChI is InChI=1S/C16H15FN2O2/c1-21-15-12(3-2-4-13(15)18)16(20)19-8-7-10-5-6-11(17)9-14(10)19/h2-6,9H,7-8,18H2,1H3. The van der Waals surface area contributed by atoms with Gasteiger partial charge in [-0.1, -0.05) is 12.1 Å². The van der Waals surface area contributed by atoms with E-state index in [-0.39, 0.29) is 11.7 Å². The van der Waals surface area contributed by atoms with Crippen molar-refractivity contribution in [2.75, 3.05) is 24.3 Å². The first-order chi connectivity index (χ1) is 10.1. The van der Waals surface area contributed by atoms with Crippen molar-refractivity contribution in [3.63, 3.8) is 0 Å². The van der Waals surface area contributed by atoms with Gasteiger partial charge in [-0.3, -0.25) is 4.79 Å². The Balaban J connectivity index is 2.02. The minimum Gasteiger partial charge on any atom is -0.494 e. The van der Waals surface area contributed by atoms with Gasteiger partial charge in [0.05, 0.1) is 24.0 Å². The number of nitrogens with two attached hydrogens (primary N) is 1. The van der Waals surface area contributed by atoms with Crippen molar-refractivity contribution >= 4 is 17.3 Å². The molecule has 1 aliphatic heterocycles. The third-order valence-corrected chi connectivity index (χ3v) is 3.67. The molecule has 4 nitrogen and oxygen atoms in total. The molecule has 1 heterocycles. The number of nitrogens with zero attached hydrogens (tertiary/aromatic N) is 1. The second kappa shape index (κ2) is 5.09. The number of benzene rings is 2. The van der Waals surface area contributed by atoms with Gasteiger partial charge in [0.1, 0.15) is 5.82 Å². The topological polar surface area (TPSA) is 55.6 Å². The predicted octanol–water partition coefficient (Wildman–Crippen LogP) is 2.62. The summed E-state index contributed by atoms with van der Waals surface area (Å²) in [6.07, 6.45) is 0.714. The summed E-state index contributed by atoms with van der Waals surface area (Å²) >= 11 is 0. The SMILES string of the molecule is COc1c(N)cccc1C(=O)N1CCc2ccc(F)cc21. The molecule has 0 unspecified atom stereocenters. The van der Waals surface area contributed by atoms with Gasteiger partial charge in [0, 0.05) is 6.54 Å². The Morgan fingerprint density at radius 3 is 2.90 bits per heavy atom. The zero-order valence-corrected chi connectivity index (χ0v) is 11.6. The largest absolute Gasteiger partial charge is 0.494 e. The first-order valence-corrected chi connectivity index (χ1v) is 6.64. The molecule has 0 bridgehead atoms. The molecule has 2 N–H and O–H groups in total. The summed E-state index contributed by atoms with van der Waals surface area (Å²) in [5.41, 5.74) is 8.20. The van der Waals surface area contributed by atoms with Crippen LogP contribution in [0.2, 0.25) is 0 Å². The third-order valence-electron chi connectivity index (χ3n) is 3.67. The summed E-state index contributed by atoms with van der Waals surface area (Å²) < 4.78 is 18.7. The summed E-state index contributed by atoms with van der Waals surface area (Å²) in [5, 5.41) is 0. The number of para-hydroxylation sites is 1. The molecule has 0 fully saturated rings. The zero-order chi connectivity index (χ0) is 15.0. The number of hydrogen-bond donors (Lipinski definition) is 1. The molecule has 0 saturated heterocycles. The fraction of sp³-hybridized carbons (Fsp3) is 0.188. The lowest BCUT2D eigenvalue weighted by Crippen LogP contribution is -2.29. The summed E-state index contributed by atoms with van der Waals surface area (Å²) in [6.45, 7) is 0.523. The number of fused-ring (bicyclic) bond motifs is 1. The van der Waals surface area contributed by atoms with Crippen LogP contribution in [-0.2, 0) is 6.42 Å². The molecule has 0 spiro atoms. The first kappa shape index (κ1) is 13.4. The van der Waals surface area contributed by atoms with Crippen LogP contribution in [0.4, 0.5) is 15.8 Å². The maximum atomic E-state index is 13.4. The number of amides is 1. The molecule has 21 heavy (non-hydrogen) atoms. The molecule has 3 rings (SSSR count). The fourth-order valence-corrected chi connectivity index (χ4v) is 2.66. The first-order valence-electron chi connectivity index (χ1n) is 6.64. The lowest BCUT2D eigenvalue weighted by molar-refractivity contribution is 0.0986. The van der Waals surface area contributed by atoms with Gasteiger partial charge in [-0.2, -0.15) is 0 Å². The van der Waals surface area contributed by atoms with E-state index in [1.807, 2.05) is 0 Å². The van der Waals surface area contributed by atoms with Gasteiger partial charge < -0.3 is 15.4 Å². The highest BCUT2D eigenvalue weighted by Crippen LogP contribution is 2.33. The Hall–Kier alpha value is -2.56. The van der Waals surface area contributed by atoms with Crippen LogP contribution in [0.1, 0.15) is 15.9 Å². The van der Waals surface area contributed by atoms with E-state index in [2.05, 4.69) is 0 Å². The second-order valence-electron chi connectivity index (χ2n) is 4.91. The minimum absolute atomic E-state index is 0.233. The summed E-state index contributed by atoms with van der Waals surface area (Å²) in [4.78, 5) is 14.3. The van der Waals surface area contributed by atoms with Crippen molar-refractivity contribution in [1.29, 1.82) is 0 Å². The highest BCUT2D eigenvalue weighted by atomic mass is 19.1. The van der Waals surface area contributed by atoms with Gasteiger partial charge in [0.15, 0.2) is 5.75 Å². The van der Waals surface area contributed by atoms with E-state index >= 15 is 0 Å². The maximum Gasteiger partial charge on any atom is 0.262 e. The summed E-state index contributed by atoms with van der Waals surface area (Å²) in [5.74, 6) is -0.233. The van der Waals surface area contributed by atoms with Gasteiger partial charge in [0.2, 0.25) is 0 Å². The summed E-state index contributed by atoms with van der Waals surface area (Å²) in [7, 11) is 1.47. The van der Waals surface area contributed by atoms with Gasteiger partial charge in [-0.25, -0.2) is 4.39 Å². The lowest BCUT2D eigenvalue weighted by Gasteiger charge is -2.19. The smallest absolute Gasteiger partial charge is 0.262 e. The Bertz CT molecular complexity index is 715. The van der Waals surface area contributed by atoms with Gasteiger partial charge in [-0.05, 0) is 36.2 Å². The summed E-state index contributed by atoms with van der Waals surface area (Å²) in [6, 6.07) is 9.55. The number of ether oxygens (including phenoxy) is 1. The number of anilines is 2. The van der Waals surface area contributed by atoms with Crippen LogP contribution in [0.5, 0.6) is 5.75 Å². The van der Waals surface area contributed by atoms with Crippen LogP contribution in [-0.4, -0.2) is 19.6 Å². The van der Waals surface area contributed by atoms with Crippen molar-refractivity contribution in [2.45, 2.75) is 6.42 Å². The van der Waals surface area contributed by atoms with E-state index in [4.69, 9.17) is 10.5 Å². The van der Waals surface area contributed by atoms with Gasteiger partial charge in [-0.15, -0.1) is 0 Å². The average Bonchev–Trinajstić information content (AvgIpc) is 2.89. The van der Waals surface area contributed by atoms with E-state index in [0.29, 0.717) is 35.7 Å². The van der Waals surface area contributed by atoms with Crippen LogP contribution in [0.15, 0.2) is 36.4 Å². The van der Waals surface area contributed by atoms with E-state index in [0.717, 1.165) is 5.56 Å². The van der Waals surface area contributed by atoms with E-state index in [1.165, 1.54) is 19.2 Å². The molecular formula is C16H15FN2O2. The monoisotopic (exact) mass is 286 g/mol. The van der Waals surface area contributed by atoms with Crippen LogP contribution >= 0.6 is 0 Å². The third kappa shape index (κ3) is 2.20.